The van der Waals surface area contributed by atoms with Crippen molar-refractivity contribution in [2.75, 3.05) is 39.2 Å². The molecule has 274 valence electrons. The quantitative estimate of drug-likeness (QED) is 0.125. The minimum absolute atomic E-state index is 0.228. The zero-order valence-corrected chi connectivity index (χ0v) is 29.1. The van der Waals surface area contributed by atoms with E-state index in [9.17, 15) is 31.5 Å². The van der Waals surface area contributed by atoms with Gasteiger partial charge in [-0.05, 0) is 61.7 Å². The number of hydrogen-bond acceptors (Lipinski definition) is 7. The highest BCUT2D eigenvalue weighted by molar-refractivity contribution is 5.98. The maximum Gasteiger partial charge on any atom is 0.379 e. The molecular formula is C36H44F5N3O6. The smallest absolute Gasteiger partial charge is 0.379 e. The third-order valence-corrected chi connectivity index (χ3v) is 6.54. The highest BCUT2D eigenvalue weighted by atomic mass is 19.4. The predicted molar refractivity (Wildman–Crippen MR) is 184 cm³/mol. The van der Waals surface area contributed by atoms with E-state index in [2.05, 4.69) is 35.4 Å². The maximum atomic E-state index is 13.6. The Morgan fingerprint density at radius 2 is 1.52 bits per heavy atom. The zero-order valence-electron chi connectivity index (χ0n) is 29.1. The molecule has 0 atom stereocenters. The first-order chi connectivity index (χ1) is 23.9. The van der Waals surface area contributed by atoms with E-state index < -0.39 is 42.3 Å². The molecule has 0 radical (unpaired) electrons. The molecule has 0 spiro atoms. The van der Waals surface area contributed by atoms with Crippen molar-refractivity contribution < 1.29 is 50.9 Å². The lowest BCUT2D eigenvalue weighted by molar-refractivity contribution is -0.135. The molecule has 0 aliphatic carbocycles. The Morgan fingerprint density at radius 1 is 0.940 bits per heavy atom. The van der Waals surface area contributed by atoms with Crippen LogP contribution in [0.5, 0.6) is 11.5 Å². The normalized spacial score (nSPS) is 10.1. The Balaban J connectivity index is 0.000000445. The van der Waals surface area contributed by atoms with Crippen LogP contribution in [0.1, 0.15) is 55.6 Å². The van der Waals surface area contributed by atoms with Gasteiger partial charge in [0.2, 0.25) is 0 Å². The van der Waals surface area contributed by atoms with Gasteiger partial charge in [0.1, 0.15) is 35.2 Å². The number of anilines is 1. The second-order valence-corrected chi connectivity index (χ2v) is 9.91. The van der Waals surface area contributed by atoms with E-state index >= 15 is 0 Å². The minimum atomic E-state index is -3.67. The molecule has 9 nitrogen and oxygen atoms in total. The highest BCUT2D eigenvalue weighted by Gasteiger charge is 2.20. The third-order valence-electron chi connectivity index (χ3n) is 6.54. The van der Waals surface area contributed by atoms with Gasteiger partial charge in [0.25, 0.3) is 5.91 Å². The van der Waals surface area contributed by atoms with E-state index in [0.29, 0.717) is 19.8 Å². The highest BCUT2D eigenvalue weighted by Crippen LogP contribution is 2.42. The van der Waals surface area contributed by atoms with Crippen LogP contribution in [0.25, 0.3) is 22.0 Å². The average molecular weight is 710 g/mol. The van der Waals surface area contributed by atoms with Gasteiger partial charge in [-0.25, -0.2) is 8.78 Å². The topological polar surface area (TPSA) is 119 Å². The number of nitrogens with zero attached hydrogens (tertiary/aromatic N) is 1. The molecule has 0 aliphatic heterocycles. The first-order valence-corrected chi connectivity index (χ1v) is 15.7. The summed E-state index contributed by atoms with van der Waals surface area (Å²) in [5.41, 5.74) is 4.50. The number of halogens is 5. The number of aromatic nitrogens is 1. The Kier molecular flexibility index (Phi) is 19.5. The number of ether oxygens (including phenoxy) is 3. The standard InChI is InChI=1S/C21H23NO3.C12H14F2N2O3.C2H6.CHF3/c1-5-25-13-15-11-18(23-3)20(19(12-15)24-4)17-9-8-14(2)16-7-6-10-22-21(16)17;1-2-3-15-7-4-8(13)11(9(14)5-7)12(19)16-6-10(17)18;1-2;2-1(3)4/h6-12H,5,13H2,1-4H3;4-5,15H,2-3,6H2,1H3,(H,16,19)(H,17,18);1-2H3;1H. The number of rotatable bonds is 12. The van der Waals surface area contributed by atoms with Crippen molar-refractivity contribution in [1.29, 1.82) is 0 Å². The lowest BCUT2D eigenvalue weighted by Gasteiger charge is -2.17. The summed E-state index contributed by atoms with van der Waals surface area (Å²) in [6.07, 6.45) is 2.60. The van der Waals surface area contributed by atoms with Gasteiger partial charge >= 0.3 is 12.6 Å². The summed E-state index contributed by atoms with van der Waals surface area (Å²) in [7, 11) is 3.35. The third kappa shape index (κ3) is 13.1. The van der Waals surface area contributed by atoms with Crippen LogP contribution in [0, 0.1) is 18.6 Å². The van der Waals surface area contributed by atoms with E-state index in [0.717, 1.165) is 57.6 Å². The minimum Gasteiger partial charge on any atom is -0.496 e. The van der Waals surface area contributed by atoms with Crippen molar-refractivity contribution in [3.05, 3.63) is 83.1 Å². The van der Waals surface area contributed by atoms with Gasteiger partial charge in [0.15, 0.2) is 0 Å². The van der Waals surface area contributed by atoms with Gasteiger partial charge in [0, 0.05) is 36.0 Å². The van der Waals surface area contributed by atoms with Crippen LogP contribution in [0.4, 0.5) is 27.6 Å². The fraction of sp³-hybridized carbons (Fsp3) is 0.361. The molecule has 4 rings (SSSR count). The molecule has 3 aromatic carbocycles. The second kappa shape index (κ2) is 22.6. The van der Waals surface area contributed by atoms with Crippen LogP contribution in [0.15, 0.2) is 54.7 Å². The number of alkyl halides is 3. The molecule has 3 N–H and O–H groups in total. The number of carboxylic acids is 1. The first kappa shape index (κ1) is 43.0. The van der Waals surface area contributed by atoms with Crippen LogP contribution in [0.3, 0.4) is 0 Å². The van der Waals surface area contributed by atoms with E-state index in [1.165, 1.54) is 5.56 Å². The summed E-state index contributed by atoms with van der Waals surface area (Å²) in [6.45, 7) is 7.33. The molecule has 0 fully saturated rings. The summed E-state index contributed by atoms with van der Waals surface area (Å²) in [5.74, 6) is -2.97. The van der Waals surface area contributed by atoms with Crippen LogP contribution in [-0.2, 0) is 16.1 Å². The molecule has 4 aromatic rings. The monoisotopic (exact) mass is 709 g/mol. The fourth-order valence-electron chi connectivity index (χ4n) is 4.46. The van der Waals surface area contributed by atoms with Gasteiger partial charge in [-0.15, -0.1) is 0 Å². The number of methoxy groups -OCH3 is 2. The van der Waals surface area contributed by atoms with Crippen molar-refractivity contribution in [3.8, 4) is 22.6 Å². The van der Waals surface area contributed by atoms with Crippen molar-refractivity contribution in [3.63, 3.8) is 0 Å². The molecule has 0 bridgehead atoms. The van der Waals surface area contributed by atoms with Gasteiger partial charge in [0.05, 0.1) is 31.9 Å². The zero-order chi connectivity index (χ0) is 37.8. The number of hydrogen-bond donors (Lipinski definition) is 3. The second-order valence-electron chi connectivity index (χ2n) is 9.91. The van der Waals surface area contributed by atoms with Crippen LogP contribution < -0.4 is 20.1 Å². The number of benzene rings is 3. The summed E-state index contributed by atoms with van der Waals surface area (Å²) >= 11 is 0. The fourth-order valence-corrected chi connectivity index (χ4v) is 4.46. The average Bonchev–Trinajstić information content (AvgIpc) is 3.09. The summed E-state index contributed by atoms with van der Waals surface area (Å²) in [6, 6.07) is 14.2. The molecule has 0 saturated carbocycles. The Morgan fingerprint density at radius 3 is 2.02 bits per heavy atom. The number of pyridine rings is 1. The first-order valence-electron chi connectivity index (χ1n) is 15.7. The molecule has 0 aliphatic rings. The largest absolute Gasteiger partial charge is 0.496 e. The number of carboxylic acid groups (broad SMARTS) is 1. The number of aryl methyl sites for hydroxylation is 1. The molecule has 50 heavy (non-hydrogen) atoms. The SMILES string of the molecule is CC.CCCNc1cc(F)c(C(=O)NCC(=O)O)c(F)c1.CCOCc1cc(OC)c(-c2ccc(C)c3cccnc23)c(OC)c1.FC(F)F. The van der Waals surface area contributed by atoms with Gasteiger partial charge in [-0.1, -0.05) is 39.0 Å². The lowest BCUT2D eigenvalue weighted by Crippen LogP contribution is -2.30. The van der Waals surface area contributed by atoms with Gasteiger partial charge in [-0.3, -0.25) is 14.6 Å². The van der Waals surface area contributed by atoms with Crippen LogP contribution in [-0.4, -0.2) is 62.6 Å². The van der Waals surface area contributed by atoms with E-state index in [-0.39, 0.29) is 5.69 Å². The molecule has 1 heterocycles. The van der Waals surface area contributed by atoms with E-state index in [4.69, 9.17) is 19.3 Å². The molecule has 0 saturated heterocycles. The Labute approximate surface area is 288 Å². The van der Waals surface area contributed by atoms with Crippen LogP contribution in [0.2, 0.25) is 0 Å². The molecule has 0 unspecified atom stereocenters. The molecular weight excluding hydrogens is 665 g/mol. The van der Waals surface area contributed by atoms with Crippen molar-refractivity contribution >= 4 is 28.5 Å². The molecule has 14 heteroatoms. The number of amides is 1. The number of carbonyl (C=O) groups is 2. The summed E-state index contributed by atoms with van der Waals surface area (Å²) in [5, 5.41) is 14.2. The number of fused-ring (bicyclic) bond motifs is 1. The van der Waals surface area contributed by atoms with Crippen molar-refractivity contribution in [2.45, 2.75) is 54.3 Å². The van der Waals surface area contributed by atoms with E-state index in [1.807, 2.05) is 57.4 Å². The van der Waals surface area contributed by atoms with Gasteiger partial charge < -0.3 is 30.0 Å². The van der Waals surface area contributed by atoms with Crippen molar-refractivity contribution in [1.82, 2.24) is 10.3 Å². The van der Waals surface area contributed by atoms with Crippen LogP contribution >= 0.6 is 0 Å². The molecule has 1 amide bonds. The summed E-state index contributed by atoms with van der Waals surface area (Å²) in [4.78, 5) is 26.3. The number of nitrogens with one attached hydrogen (secondary N) is 2. The predicted octanol–water partition coefficient (Wildman–Crippen LogP) is 8.57. The number of carbonyl (C=O) groups excluding carboxylic acids is 1. The lowest BCUT2D eigenvalue weighted by atomic mass is 9.96. The van der Waals surface area contributed by atoms with E-state index in [1.54, 1.807) is 14.2 Å². The maximum absolute atomic E-state index is 13.6. The molecule has 1 aromatic heterocycles. The van der Waals surface area contributed by atoms with Crippen molar-refractivity contribution in [2.24, 2.45) is 0 Å². The Hall–Kier alpha value is -4.98. The summed E-state index contributed by atoms with van der Waals surface area (Å²) < 4.78 is 73.1. The Bertz CT molecular complexity index is 1620. The number of aliphatic carboxylic acids is 1. The van der Waals surface area contributed by atoms with Gasteiger partial charge in [-0.2, -0.15) is 13.2 Å².